The molecule has 5 rings (SSSR count). The van der Waals surface area contributed by atoms with E-state index in [1.165, 1.54) is 6.42 Å². The Morgan fingerprint density at radius 1 is 1.03 bits per heavy atom. The van der Waals surface area contributed by atoms with Crippen molar-refractivity contribution in [2.24, 2.45) is 0 Å². The van der Waals surface area contributed by atoms with Gasteiger partial charge in [-0.25, -0.2) is 4.98 Å². The quantitative estimate of drug-likeness (QED) is 0.745. The zero-order chi connectivity index (χ0) is 21.4. The summed E-state index contributed by atoms with van der Waals surface area (Å²) in [6, 6.07) is 11.8. The summed E-state index contributed by atoms with van der Waals surface area (Å²) in [5.74, 6) is 0.332. The maximum Gasteiger partial charge on any atom is 0.254 e. The third-order valence-corrected chi connectivity index (χ3v) is 7.66. The molecule has 1 spiro atoms. The maximum absolute atomic E-state index is 13.9. The number of hydrogen-bond donors (Lipinski definition) is 1. The largest absolute Gasteiger partial charge is 0.329 e. The van der Waals surface area contributed by atoms with Crippen molar-refractivity contribution in [2.75, 3.05) is 5.32 Å². The van der Waals surface area contributed by atoms with Crippen molar-refractivity contribution in [3.8, 4) is 0 Å². The van der Waals surface area contributed by atoms with Crippen molar-refractivity contribution >= 4 is 17.6 Å². The normalized spacial score (nSPS) is 23.1. The Balaban J connectivity index is 1.61. The monoisotopic (exact) mass is 417 g/mol. The molecule has 1 aromatic carbocycles. The highest BCUT2D eigenvalue weighted by Gasteiger charge is 2.57. The third kappa shape index (κ3) is 3.35. The summed E-state index contributed by atoms with van der Waals surface area (Å²) in [6.45, 7) is 1.96. The number of pyridine rings is 1. The van der Waals surface area contributed by atoms with Gasteiger partial charge in [-0.3, -0.25) is 9.59 Å². The van der Waals surface area contributed by atoms with Crippen LogP contribution in [0.3, 0.4) is 0 Å². The molecule has 0 bridgehead atoms. The van der Waals surface area contributed by atoms with Crippen molar-refractivity contribution in [1.29, 1.82) is 0 Å². The van der Waals surface area contributed by atoms with E-state index < -0.39 is 5.54 Å². The van der Waals surface area contributed by atoms with Crippen molar-refractivity contribution < 1.29 is 9.59 Å². The van der Waals surface area contributed by atoms with Crippen LogP contribution in [-0.2, 0) is 4.79 Å². The molecule has 1 atom stereocenters. The van der Waals surface area contributed by atoms with Crippen LogP contribution in [0.15, 0.2) is 42.6 Å². The molecule has 2 saturated carbocycles. The summed E-state index contributed by atoms with van der Waals surface area (Å²) in [4.78, 5) is 34.3. The Morgan fingerprint density at radius 2 is 1.77 bits per heavy atom. The number of nitrogens with zero attached hydrogens (tertiary/aromatic N) is 2. The number of hydrogen-bond acceptors (Lipinski definition) is 3. The van der Waals surface area contributed by atoms with Crippen LogP contribution < -0.4 is 5.32 Å². The highest BCUT2D eigenvalue weighted by Crippen LogP contribution is 2.52. The van der Waals surface area contributed by atoms with Gasteiger partial charge >= 0.3 is 0 Å². The van der Waals surface area contributed by atoms with Gasteiger partial charge in [-0.1, -0.05) is 56.4 Å². The fourth-order valence-corrected chi connectivity index (χ4v) is 6.28. The first-order chi connectivity index (χ1) is 15.1. The molecule has 0 saturated heterocycles. The molecule has 1 aromatic heterocycles. The minimum absolute atomic E-state index is 0.0375. The minimum Gasteiger partial charge on any atom is -0.329 e. The third-order valence-electron chi connectivity index (χ3n) is 7.66. The molecule has 2 aliphatic carbocycles. The zero-order valence-corrected chi connectivity index (χ0v) is 18.3. The minimum atomic E-state index is -0.430. The van der Waals surface area contributed by atoms with Crippen LogP contribution in [0.4, 0.5) is 5.82 Å². The summed E-state index contributed by atoms with van der Waals surface area (Å²) >= 11 is 0. The van der Waals surface area contributed by atoms with Crippen LogP contribution in [0.1, 0.15) is 85.2 Å². The molecule has 31 heavy (non-hydrogen) atoms. The standard InChI is InChI=1S/C26H31N3O2/c1-18-10-9-17-27-23(18)28-24(30)22-20-13-5-6-14-21(20)25(31)29(19-11-3-2-4-12-19)26(22)15-7-8-16-26/h5-6,9-10,13-14,17,19,22H,2-4,7-8,11-12,15-16H2,1H3,(H,27,28,30)/t22-/m0/s1. The summed E-state index contributed by atoms with van der Waals surface area (Å²) in [5.41, 5.74) is 2.09. The van der Waals surface area contributed by atoms with Crippen LogP contribution in [0, 0.1) is 6.92 Å². The van der Waals surface area contributed by atoms with Crippen molar-refractivity contribution in [1.82, 2.24) is 9.88 Å². The van der Waals surface area contributed by atoms with E-state index in [2.05, 4.69) is 15.2 Å². The van der Waals surface area contributed by atoms with Crippen LogP contribution in [0.2, 0.25) is 0 Å². The lowest BCUT2D eigenvalue weighted by molar-refractivity contribution is -0.122. The highest BCUT2D eigenvalue weighted by molar-refractivity contribution is 6.05. The van der Waals surface area contributed by atoms with Gasteiger partial charge in [0.05, 0.1) is 11.5 Å². The first-order valence-corrected chi connectivity index (χ1v) is 11.8. The van der Waals surface area contributed by atoms with Gasteiger partial charge < -0.3 is 10.2 Å². The average Bonchev–Trinajstić information content (AvgIpc) is 3.25. The molecule has 2 amide bonds. The van der Waals surface area contributed by atoms with Gasteiger partial charge in [-0.05, 0) is 55.9 Å². The van der Waals surface area contributed by atoms with Crippen LogP contribution in [-0.4, -0.2) is 33.3 Å². The molecule has 5 nitrogen and oxygen atoms in total. The Bertz CT molecular complexity index is 990. The van der Waals surface area contributed by atoms with Crippen LogP contribution >= 0.6 is 0 Å². The van der Waals surface area contributed by atoms with E-state index in [0.29, 0.717) is 11.4 Å². The number of aromatic nitrogens is 1. The number of anilines is 1. The molecule has 3 aliphatic rings. The van der Waals surface area contributed by atoms with Gasteiger partial charge in [0.1, 0.15) is 5.82 Å². The van der Waals surface area contributed by atoms with Gasteiger partial charge in [0.15, 0.2) is 0 Å². The lowest BCUT2D eigenvalue weighted by Gasteiger charge is -2.53. The molecular weight excluding hydrogens is 386 g/mol. The van der Waals surface area contributed by atoms with E-state index in [9.17, 15) is 9.59 Å². The number of fused-ring (bicyclic) bond motifs is 1. The first kappa shape index (κ1) is 20.2. The molecule has 0 radical (unpaired) electrons. The fourth-order valence-electron chi connectivity index (χ4n) is 6.28. The van der Waals surface area contributed by atoms with Crippen LogP contribution in [0.25, 0.3) is 0 Å². The van der Waals surface area contributed by atoms with Crippen LogP contribution in [0.5, 0.6) is 0 Å². The molecular formula is C26H31N3O2. The number of aryl methyl sites for hydroxylation is 1. The number of nitrogens with one attached hydrogen (secondary N) is 1. The van der Waals surface area contributed by atoms with E-state index in [4.69, 9.17) is 0 Å². The SMILES string of the molecule is Cc1cccnc1NC(=O)[C@@H]1c2ccccc2C(=O)N(C2CCCCC2)C12CCCC2. The molecule has 162 valence electrons. The predicted molar refractivity (Wildman–Crippen MR) is 121 cm³/mol. The molecule has 0 unspecified atom stereocenters. The van der Waals surface area contributed by atoms with Gasteiger partial charge in [0.25, 0.3) is 5.91 Å². The molecule has 1 N–H and O–H groups in total. The van der Waals surface area contributed by atoms with Crippen molar-refractivity contribution in [3.63, 3.8) is 0 Å². The van der Waals surface area contributed by atoms with E-state index >= 15 is 0 Å². The highest BCUT2D eigenvalue weighted by atomic mass is 16.2. The van der Waals surface area contributed by atoms with Gasteiger partial charge in [-0.2, -0.15) is 0 Å². The number of amides is 2. The van der Waals surface area contributed by atoms with E-state index in [1.54, 1.807) is 6.20 Å². The molecule has 1 aliphatic heterocycles. The predicted octanol–water partition coefficient (Wildman–Crippen LogP) is 5.21. The molecule has 2 fully saturated rings. The Labute approximate surface area is 184 Å². The first-order valence-electron chi connectivity index (χ1n) is 11.8. The summed E-state index contributed by atoms with van der Waals surface area (Å²) in [6.07, 6.45) is 11.3. The average molecular weight is 418 g/mol. The molecule has 2 heterocycles. The van der Waals surface area contributed by atoms with Crippen molar-refractivity contribution in [2.45, 2.75) is 82.2 Å². The van der Waals surface area contributed by atoms with Gasteiger partial charge in [0.2, 0.25) is 5.91 Å². The number of rotatable bonds is 3. The summed E-state index contributed by atoms with van der Waals surface area (Å²) < 4.78 is 0. The number of carbonyl (C=O) groups excluding carboxylic acids is 2. The Morgan fingerprint density at radius 3 is 2.52 bits per heavy atom. The maximum atomic E-state index is 13.9. The second-order valence-corrected chi connectivity index (χ2v) is 9.46. The zero-order valence-electron chi connectivity index (χ0n) is 18.3. The van der Waals surface area contributed by atoms with E-state index in [0.717, 1.165) is 62.5 Å². The second kappa shape index (κ2) is 8.10. The summed E-state index contributed by atoms with van der Waals surface area (Å²) in [7, 11) is 0. The topological polar surface area (TPSA) is 62.3 Å². The second-order valence-electron chi connectivity index (χ2n) is 9.46. The van der Waals surface area contributed by atoms with Gasteiger partial charge in [-0.15, -0.1) is 0 Å². The summed E-state index contributed by atoms with van der Waals surface area (Å²) in [5, 5.41) is 3.12. The lowest BCUT2D eigenvalue weighted by atomic mass is 9.69. The fraction of sp³-hybridized carbons (Fsp3) is 0.500. The Kier molecular flexibility index (Phi) is 5.28. The van der Waals surface area contributed by atoms with Crippen molar-refractivity contribution in [3.05, 3.63) is 59.3 Å². The smallest absolute Gasteiger partial charge is 0.254 e. The van der Waals surface area contributed by atoms with E-state index in [1.807, 2.05) is 43.3 Å². The number of benzene rings is 1. The van der Waals surface area contributed by atoms with Gasteiger partial charge in [0, 0.05) is 17.8 Å². The Hall–Kier alpha value is -2.69. The molecule has 5 heteroatoms. The molecule has 2 aromatic rings. The number of carbonyl (C=O) groups is 2. The van der Waals surface area contributed by atoms with E-state index in [-0.39, 0.29) is 23.8 Å². The lowest BCUT2D eigenvalue weighted by Crippen LogP contribution is -2.63.